The average Bonchev–Trinajstić information content (AvgIpc) is 2.93. The van der Waals surface area contributed by atoms with E-state index >= 15 is 0 Å². The van der Waals surface area contributed by atoms with Crippen LogP contribution in [0.4, 0.5) is 5.95 Å². The molecule has 112 valence electrons. The lowest BCUT2D eigenvalue weighted by Gasteiger charge is -2.08. The molecule has 0 spiro atoms. The minimum atomic E-state index is 0.478. The van der Waals surface area contributed by atoms with Crippen molar-refractivity contribution < 1.29 is 0 Å². The highest BCUT2D eigenvalue weighted by molar-refractivity contribution is 7.98. The van der Waals surface area contributed by atoms with Crippen LogP contribution in [0.5, 0.6) is 0 Å². The predicted octanol–water partition coefficient (Wildman–Crippen LogP) is 3.40. The number of nitrogens with zero attached hydrogens (tertiary/aromatic N) is 3. The molecule has 0 aliphatic heterocycles. The van der Waals surface area contributed by atoms with Crippen LogP contribution in [0, 0.1) is 0 Å². The van der Waals surface area contributed by atoms with Gasteiger partial charge in [0, 0.05) is 12.3 Å². The predicted molar refractivity (Wildman–Crippen MR) is 90.6 cm³/mol. The second-order valence-electron chi connectivity index (χ2n) is 5.00. The van der Waals surface area contributed by atoms with Crippen LogP contribution >= 0.6 is 11.8 Å². The summed E-state index contributed by atoms with van der Waals surface area (Å²) < 4.78 is 1.99. The van der Waals surface area contributed by atoms with Gasteiger partial charge in [0.05, 0.1) is 0 Å². The summed E-state index contributed by atoms with van der Waals surface area (Å²) in [4.78, 5) is 0. The van der Waals surface area contributed by atoms with Crippen molar-refractivity contribution in [1.82, 2.24) is 14.8 Å². The molecular weight excluding hydrogens is 292 g/mol. The lowest BCUT2D eigenvalue weighted by atomic mass is 10.1. The van der Waals surface area contributed by atoms with Gasteiger partial charge in [-0.05, 0) is 17.5 Å². The molecule has 0 bridgehead atoms. The smallest absolute Gasteiger partial charge is 0.222 e. The van der Waals surface area contributed by atoms with Gasteiger partial charge in [-0.3, -0.25) is 4.57 Å². The van der Waals surface area contributed by atoms with Crippen molar-refractivity contribution in [2.24, 2.45) is 0 Å². The molecule has 4 nitrogen and oxygen atoms in total. The van der Waals surface area contributed by atoms with Gasteiger partial charge >= 0.3 is 0 Å². The molecule has 0 fully saturated rings. The number of rotatable bonds is 6. The highest BCUT2D eigenvalue weighted by Crippen LogP contribution is 2.23. The molecule has 1 heterocycles. The lowest BCUT2D eigenvalue weighted by Crippen LogP contribution is -2.07. The van der Waals surface area contributed by atoms with Crippen LogP contribution in [0.3, 0.4) is 0 Å². The molecule has 2 N–H and O–H groups in total. The highest BCUT2D eigenvalue weighted by atomic mass is 32.2. The SMILES string of the molecule is Nc1nnc(SCc2ccccc2)n1CCc1ccccc1. The first-order valence-corrected chi connectivity index (χ1v) is 8.21. The normalized spacial score (nSPS) is 10.7. The van der Waals surface area contributed by atoms with Crippen molar-refractivity contribution in [3.8, 4) is 0 Å². The molecular formula is C17H18N4S. The molecule has 0 saturated heterocycles. The summed E-state index contributed by atoms with van der Waals surface area (Å²) in [6, 6.07) is 20.7. The third kappa shape index (κ3) is 3.68. The van der Waals surface area contributed by atoms with Gasteiger partial charge in [0.1, 0.15) is 0 Å². The highest BCUT2D eigenvalue weighted by Gasteiger charge is 2.10. The van der Waals surface area contributed by atoms with Crippen LogP contribution in [-0.4, -0.2) is 14.8 Å². The molecule has 5 heteroatoms. The van der Waals surface area contributed by atoms with Crippen molar-refractivity contribution in [2.45, 2.75) is 23.9 Å². The van der Waals surface area contributed by atoms with Crippen molar-refractivity contribution in [3.63, 3.8) is 0 Å². The van der Waals surface area contributed by atoms with E-state index in [0.717, 1.165) is 23.9 Å². The fourth-order valence-corrected chi connectivity index (χ4v) is 3.15. The molecule has 3 rings (SSSR count). The van der Waals surface area contributed by atoms with Gasteiger partial charge in [-0.25, -0.2) is 0 Å². The second-order valence-corrected chi connectivity index (χ2v) is 5.94. The van der Waals surface area contributed by atoms with Crippen LogP contribution in [0.15, 0.2) is 65.8 Å². The topological polar surface area (TPSA) is 56.7 Å². The minimum Gasteiger partial charge on any atom is -0.368 e. The molecule has 2 aromatic carbocycles. The number of nitrogen functional groups attached to an aromatic ring is 1. The molecule has 0 saturated carbocycles. The zero-order valence-electron chi connectivity index (χ0n) is 12.2. The molecule has 0 aliphatic carbocycles. The van der Waals surface area contributed by atoms with Crippen molar-refractivity contribution in [2.75, 3.05) is 5.73 Å². The van der Waals surface area contributed by atoms with Crippen LogP contribution < -0.4 is 5.73 Å². The van der Waals surface area contributed by atoms with Crippen LogP contribution in [-0.2, 0) is 18.7 Å². The maximum atomic E-state index is 5.95. The standard InChI is InChI=1S/C17H18N4S/c18-16-19-20-17(22-13-15-9-5-2-6-10-15)21(16)12-11-14-7-3-1-4-8-14/h1-10H,11-13H2,(H2,18,19). The van der Waals surface area contributed by atoms with Gasteiger partial charge < -0.3 is 5.73 Å². The summed E-state index contributed by atoms with van der Waals surface area (Å²) in [5, 5.41) is 9.08. The second kappa shape index (κ2) is 7.13. The van der Waals surface area contributed by atoms with Crippen molar-refractivity contribution >= 4 is 17.7 Å². The summed E-state index contributed by atoms with van der Waals surface area (Å²) >= 11 is 1.67. The number of nitrogens with two attached hydrogens (primary N) is 1. The Bertz CT molecular complexity index is 710. The van der Waals surface area contributed by atoms with E-state index < -0.39 is 0 Å². The monoisotopic (exact) mass is 310 g/mol. The zero-order chi connectivity index (χ0) is 15.2. The summed E-state index contributed by atoms with van der Waals surface area (Å²) in [6.07, 6.45) is 0.919. The zero-order valence-corrected chi connectivity index (χ0v) is 13.0. The molecule has 3 aromatic rings. The van der Waals surface area contributed by atoms with Crippen molar-refractivity contribution in [3.05, 3.63) is 71.8 Å². The summed E-state index contributed by atoms with van der Waals surface area (Å²) in [6.45, 7) is 0.792. The number of anilines is 1. The number of hydrogen-bond acceptors (Lipinski definition) is 4. The molecule has 0 radical (unpaired) electrons. The summed E-state index contributed by atoms with van der Waals surface area (Å²) in [5.74, 6) is 1.34. The third-order valence-electron chi connectivity index (χ3n) is 3.42. The summed E-state index contributed by atoms with van der Waals surface area (Å²) in [5.41, 5.74) is 8.50. The van der Waals surface area contributed by atoms with E-state index in [1.807, 2.05) is 28.8 Å². The maximum absolute atomic E-state index is 5.95. The quantitative estimate of drug-likeness (QED) is 0.709. The third-order valence-corrected chi connectivity index (χ3v) is 4.46. The fourth-order valence-electron chi connectivity index (χ4n) is 2.22. The van der Waals surface area contributed by atoms with E-state index in [0.29, 0.717) is 5.95 Å². The first-order chi connectivity index (χ1) is 10.8. The average molecular weight is 310 g/mol. The van der Waals surface area contributed by atoms with Crippen LogP contribution in [0.2, 0.25) is 0 Å². The van der Waals surface area contributed by atoms with Gasteiger partial charge in [0.15, 0.2) is 5.16 Å². The van der Waals surface area contributed by atoms with E-state index in [9.17, 15) is 0 Å². The van der Waals surface area contributed by atoms with Crippen LogP contribution in [0.1, 0.15) is 11.1 Å². The van der Waals surface area contributed by atoms with Gasteiger partial charge in [0.25, 0.3) is 0 Å². The molecule has 0 amide bonds. The first-order valence-electron chi connectivity index (χ1n) is 7.22. The Hall–Kier alpha value is -2.27. The van der Waals surface area contributed by atoms with Crippen LogP contribution in [0.25, 0.3) is 0 Å². The van der Waals surface area contributed by atoms with Crippen molar-refractivity contribution in [1.29, 1.82) is 0 Å². The molecule has 0 aliphatic rings. The maximum Gasteiger partial charge on any atom is 0.222 e. The first kappa shape index (κ1) is 14.7. The van der Waals surface area contributed by atoms with Gasteiger partial charge in [-0.15, -0.1) is 10.2 Å². The molecule has 0 atom stereocenters. The van der Waals surface area contributed by atoms with E-state index in [-0.39, 0.29) is 0 Å². The fraction of sp³-hybridized carbons (Fsp3) is 0.176. The Balaban J connectivity index is 1.65. The Morgan fingerprint density at radius 2 is 1.50 bits per heavy atom. The molecule has 0 unspecified atom stereocenters. The Labute approximate surface area is 134 Å². The van der Waals surface area contributed by atoms with E-state index in [1.54, 1.807) is 11.8 Å². The number of benzene rings is 2. The molecule has 1 aromatic heterocycles. The van der Waals surface area contributed by atoms with E-state index in [4.69, 9.17) is 5.73 Å². The lowest BCUT2D eigenvalue weighted by molar-refractivity contribution is 0.641. The Kier molecular flexibility index (Phi) is 4.75. The minimum absolute atomic E-state index is 0.478. The van der Waals surface area contributed by atoms with Gasteiger partial charge in [-0.1, -0.05) is 72.4 Å². The Morgan fingerprint density at radius 1 is 0.864 bits per heavy atom. The van der Waals surface area contributed by atoms with Gasteiger partial charge in [-0.2, -0.15) is 0 Å². The number of aromatic nitrogens is 3. The molecule has 22 heavy (non-hydrogen) atoms. The van der Waals surface area contributed by atoms with E-state index in [2.05, 4.69) is 46.6 Å². The Morgan fingerprint density at radius 3 is 2.18 bits per heavy atom. The van der Waals surface area contributed by atoms with E-state index in [1.165, 1.54) is 11.1 Å². The largest absolute Gasteiger partial charge is 0.368 e. The van der Waals surface area contributed by atoms with Gasteiger partial charge in [0.2, 0.25) is 5.95 Å². The summed E-state index contributed by atoms with van der Waals surface area (Å²) in [7, 11) is 0. The number of aryl methyl sites for hydroxylation is 1. The number of thioether (sulfide) groups is 1. The number of hydrogen-bond donors (Lipinski definition) is 1.